The molecule has 0 bridgehead atoms. The van der Waals surface area contributed by atoms with Crippen molar-refractivity contribution in [3.05, 3.63) is 42.4 Å². The van der Waals surface area contributed by atoms with Crippen molar-refractivity contribution in [1.82, 2.24) is 9.97 Å². The van der Waals surface area contributed by atoms with Gasteiger partial charge < -0.3 is 19.5 Å². The summed E-state index contributed by atoms with van der Waals surface area (Å²) in [5.41, 5.74) is 2.27. The first-order valence-corrected chi connectivity index (χ1v) is 7.78. The predicted octanol–water partition coefficient (Wildman–Crippen LogP) is 3.66. The fraction of sp³-hybridized carbons (Fsp3) is 0.167. The molecule has 1 aliphatic heterocycles. The number of methoxy groups -OCH3 is 1. The Morgan fingerprint density at radius 2 is 2.16 bits per heavy atom. The van der Waals surface area contributed by atoms with E-state index in [9.17, 15) is 4.79 Å². The van der Waals surface area contributed by atoms with E-state index in [1.54, 1.807) is 44.6 Å². The molecule has 7 heteroatoms. The number of hydrogen-bond acceptors (Lipinski definition) is 7. The summed E-state index contributed by atoms with van der Waals surface area (Å²) in [4.78, 5) is 20.8. The molecule has 25 heavy (non-hydrogen) atoms. The minimum absolute atomic E-state index is 0.281. The van der Waals surface area contributed by atoms with Crippen molar-refractivity contribution in [2.75, 3.05) is 19.0 Å². The molecule has 0 saturated carbocycles. The molecule has 3 aromatic rings. The number of pyridine rings is 2. The fourth-order valence-electron chi connectivity index (χ4n) is 2.77. The summed E-state index contributed by atoms with van der Waals surface area (Å²) in [6.07, 6.45) is 4.75. The lowest BCUT2D eigenvalue weighted by molar-refractivity contribution is 0.0527. The molecule has 1 aromatic carbocycles. The third kappa shape index (κ3) is 2.50. The Morgan fingerprint density at radius 1 is 1.28 bits per heavy atom. The summed E-state index contributed by atoms with van der Waals surface area (Å²) in [5, 5.41) is 3.95. The molecule has 0 aliphatic carbocycles. The Kier molecular flexibility index (Phi) is 3.61. The zero-order valence-corrected chi connectivity index (χ0v) is 13.7. The van der Waals surface area contributed by atoms with Gasteiger partial charge in [0.2, 0.25) is 0 Å². The molecule has 0 atom stereocenters. The van der Waals surface area contributed by atoms with Gasteiger partial charge in [-0.25, -0.2) is 4.79 Å². The van der Waals surface area contributed by atoms with Crippen LogP contribution in [0, 0.1) is 0 Å². The Morgan fingerprint density at radius 3 is 2.96 bits per heavy atom. The van der Waals surface area contributed by atoms with Gasteiger partial charge in [0.1, 0.15) is 17.1 Å². The molecule has 3 heterocycles. The summed E-state index contributed by atoms with van der Waals surface area (Å²) in [6.45, 7) is 2.04. The van der Waals surface area contributed by atoms with Crippen LogP contribution < -0.4 is 14.8 Å². The lowest BCUT2D eigenvalue weighted by atomic mass is 10.1. The number of benzene rings is 1. The zero-order valence-electron chi connectivity index (χ0n) is 13.7. The minimum Gasteiger partial charge on any atom is -0.497 e. The number of carbonyl (C=O) groups excluding carboxylic acids is 1. The van der Waals surface area contributed by atoms with E-state index >= 15 is 0 Å². The maximum absolute atomic E-state index is 12.4. The molecular weight excluding hydrogens is 322 g/mol. The highest BCUT2D eigenvalue weighted by atomic mass is 16.5. The summed E-state index contributed by atoms with van der Waals surface area (Å²) in [6, 6.07) is 5.32. The molecule has 126 valence electrons. The number of fused-ring (bicyclic) bond motifs is 1. The third-order valence-corrected chi connectivity index (χ3v) is 3.90. The highest BCUT2D eigenvalue weighted by molar-refractivity contribution is 6.09. The topological polar surface area (TPSA) is 82.6 Å². The van der Waals surface area contributed by atoms with Gasteiger partial charge in [-0.05, 0) is 13.0 Å². The van der Waals surface area contributed by atoms with Crippen molar-refractivity contribution < 1.29 is 19.0 Å². The van der Waals surface area contributed by atoms with Gasteiger partial charge >= 0.3 is 5.97 Å². The molecule has 7 nitrogen and oxygen atoms in total. The van der Waals surface area contributed by atoms with E-state index in [-0.39, 0.29) is 6.61 Å². The predicted molar refractivity (Wildman–Crippen MR) is 91.8 cm³/mol. The van der Waals surface area contributed by atoms with Crippen LogP contribution in [0.2, 0.25) is 0 Å². The van der Waals surface area contributed by atoms with Gasteiger partial charge in [-0.15, -0.1) is 0 Å². The Balaban J connectivity index is 2.02. The van der Waals surface area contributed by atoms with Crippen LogP contribution in [0.3, 0.4) is 0 Å². The molecule has 4 rings (SSSR count). The molecule has 0 unspecified atom stereocenters. The third-order valence-electron chi connectivity index (χ3n) is 3.90. The quantitative estimate of drug-likeness (QED) is 0.571. The van der Waals surface area contributed by atoms with Crippen LogP contribution in [0.25, 0.3) is 10.9 Å². The lowest BCUT2D eigenvalue weighted by Gasteiger charge is -2.13. The number of ether oxygens (including phenoxy) is 3. The van der Waals surface area contributed by atoms with E-state index in [4.69, 9.17) is 14.2 Å². The van der Waals surface area contributed by atoms with Gasteiger partial charge in [-0.1, -0.05) is 0 Å². The Bertz CT molecular complexity index is 987. The smallest absolute Gasteiger partial charge is 0.341 e. The van der Waals surface area contributed by atoms with Crippen LogP contribution in [-0.2, 0) is 4.74 Å². The number of aromatic nitrogens is 2. The second kappa shape index (κ2) is 5.94. The van der Waals surface area contributed by atoms with E-state index in [0.29, 0.717) is 45.1 Å². The summed E-state index contributed by atoms with van der Waals surface area (Å²) >= 11 is 0. The summed E-state index contributed by atoms with van der Waals surface area (Å²) in [7, 11) is 1.58. The van der Waals surface area contributed by atoms with E-state index in [1.807, 2.05) is 0 Å². The SMILES string of the molecule is CCOC(=O)c1cnc2cc(OC)cc3c2c1Nc1ccncc1O3. The van der Waals surface area contributed by atoms with E-state index in [2.05, 4.69) is 15.3 Å². The maximum Gasteiger partial charge on any atom is 0.341 e. The second-order valence-electron chi connectivity index (χ2n) is 5.39. The van der Waals surface area contributed by atoms with E-state index in [0.717, 1.165) is 0 Å². The number of nitrogens with zero attached hydrogens (tertiary/aromatic N) is 2. The molecule has 2 aromatic heterocycles. The van der Waals surface area contributed by atoms with Crippen molar-refractivity contribution in [2.45, 2.75) is 6.92 Å². The molecule has 1 aliphatic rings. The highest BCUT2D eigenvalue weighted by Gasteiger charge is 2.24. The van der Waals surface area contributed by atoms with Gasteiger partial charge in [0, 0.05) is 24.5 Å². The lowest BCUT2D eigenvalue weighted by Crippen LogP contribution is -2.09. The zero-order chi connectivity index (χ0) is 17.4. The second-order valence-corrected chi connectivity index (χ2v) is 5.39. The number of hydrogen-bond donors (Lipinski definition) is 1. The van der Waals surface area contributed by atoms with Crippen LogP contribution in [0.15, 0.2) is 36.8 Å². The van der Waals surface area contributed by atoms with Gasteiger partial charge in [-0.3, -0.25) is 9.97 Å². The monoisotopic (exact) mass is 337 g/mol. The summed E-state index contributed by atoms with van der Waals surface area (Å²) < 4.78 is 16.5. The molecule has 0 amide bonds. The summed E-state index contributed by atoms with van der Waals surface area (Å²) in [5.74, 6) is 1.24. The molecule has 0 saturated heterocycles. The number of anilines is 2. The van der Waals surface area contributed by atoms with Crippen LogP contribution in [-0.4, -0.2) is 29.7 Å². The molecule has 0 spiro atoms. The van der Waals surface area contributed by atoms with Crippen molar-refractivity contribution >= 4 is 28.2 Å². The molecule has 0 fully saturated rings. The largest absolute Gasteiger partial charge is 0.497 e. The molecule has 0 radical (unpaired) electrons. The molecular formula is C18H15N3O4. The first-order valence-electron chi connectivity index (χ1n) is 7.78. The number of esters is 1. The van der Waals surface area contributed by atoms with Gasteiger partial charge in [-0.2, -0.15) is 0 Å². The maximum atomic E-state index is 12.4. The highest BCUT2D eigenvalue weighted by Crippen LogP contribution is 2.45. The van der Waals surface area contributed by atoms with Gasteiger partial charge in [0.05, 0.1) is 42.2 Å². The average Bonchev–Trinajstić information content (AvgIpc) is 2.79. The van der Waals surface area contributed by atoms with Crippen molar-refractivity contribution in [3.63, 3.8) is 0 Å². The van der Waals surface area contributed by atoms with Crippen LogP contribution >= 0.6 is 0 Å². The normalized spacial score (nSPS) is 11.8. The van der Waals surface area contributed by atoms with Crippen LogP contribution in [0.1, 0.15) is 17.3 Å². The Labute approximate surface area is 143 Å². The number of rotatable bonds is 3. The first kappa shape index (κ1) is 15.2. The van der Waals surface area contributed by atoms with Crippen molar-refractivity contribution in [3.8, 4) is 17.2 Å². The van der Waals surface area contributed by atoms with Crippen LogP contribution in [0.4, 0.5) is 11.4 Å². The minimum atomic E-state index is -0.446. The van der Waals surface area contributed by atoms with Crippen LogP contribution in [0.5, 0.6) is 17.2 Å². The van der Waals surface area contributed by atoms with E-state index < -0.39 is 5.97 Å². The first-order chi connectivity index (χ1) is 12.2. The molecule has 1 N–H and O–H groups in total. The van der Waals surface area contributed by atoms with Gasteiger partial charge in [0.15, 0.2) is 5.75 Å². The van der Waals surface area contributed by atoms with Crippen molar-refractivity contribution in [2.24, 2.45) is 0 Å². The van der Waals surface area contributed by atoms with Crippen molar-refractivity contribution in [1.29, 1.82) is 0 Å². The fourth-order valence-corrected chi connectivity index (χ4v) is 2.77. The standard InChI is InChI=1S/C18H15N3O4/c1-3-24-18(22)11-8-20-13-6-10(23-2)7-14-16(13)17(11)21-12-4-5-19-9-15(12)25-14/h4-9,21H,3H2,1-2H3. The van der Waals surface area contributed by atoms with E-state index in [1.165, 1.54) is 6.20 Å². The van der Waals surface area contributed by atoms with Gasteiger partial charge in [0.25, 0.3) is 0 Å². The Hall–Kier alpha value is -3.35. The number of carbonyl (C=O) groups is 1. The average molecular weight is 337 g/mol. The number of nitrogens with one attached hydrogen (secondary N) is 1.